The van der Waals surface area contributed by atoms with Gasteiger partial charge >= 0.3 is 0 Å². The van der Waals surface area contributed by atoms with E-state index in [0.717, 1.165) is 5.56 Å². The Kier molecular flexibility index (Phi) is 8.61. The minimum absolute atomic E-state index is 0.0213. The molecule has 9 nitrogen and oxygen atoms in total. The van der Waals surface area contributed by atoms with Gasteiger partial charge in [0.1, 0.15) is 12.4 Å². The lowest BCUT2D eigenvalue weighted by atomic mass is 10.2. The van der Waals surface area contributed by atoms with E-state index in [-0.39, 0.29) is 12.3 Å². The normalized spacial score (nSPS) is 10.7. The Balaban J connectivity index is 1.63. The van der Waals surface area contributed by atoms with Crippen LogP contribution in [0.1, 0.15) is 21.5 Å². The topological polar surface area (TPSA) is 112 Å². The van der Waals surface area contributed by atoms with E-state index in [1.165, 1.54) is 32.6 Å². The third-order valence-corrected chi connectivity index (χ3v) is 5.75. The molecule has 1 N–H and O–H groups in total. The molecule has 11 heteroatoms. The largest absolute Gasteiger partial charge is 0.493 e. The zero-order valence-electron chi connectivity index (χ0n) is 18.1. The number of nitro groups is 1. The van der Waals surface area contributed by atoms with Gasteiger partial charge in [-0.15, -0.1) is 0 Å². The van der Waals surface area contributed by atoms with Crippen molar-refractivity contribution in [3.05, 3.63) is 90.3 Å². The third-order valence-electron chi connectivity index (χ3n) is 4.58. The number of carbonyl (C=O) groups excluding carboxylic acids is 1. The molecule has 1 amide bonds. The zero-order valence-corrected chi connectivity index (χ0v) is 21.3. The Bertz CT molecular complexity index is 1210. The van der Waals surface area contributed by atoms with Gasteiger partial charge in [-0.1, -0.05) is 0 Å². The van der Waals surface area contributed by atoms with Crippen molar-refractivity contribution in [2.24, 2.45) is 5.10 Å². The van der Waals surface area contributed by atoms with E-state index in [2.05, 4.69) is 42.4 Å². The van der Waals surface area contributed by atoms with E-state index < -0.39 is 10.8 Å². The van der Waals surface area contributed by atoms with Crippen molar-refractivity contribution in [1.29, 1.82) is 0 Å². The van der Waals surface area contributed by atoms with Gasteiger partial charge in [-0.2, -0.15) is 5.10 Å². The number of hydrazone groups is 1. The van der Waals surface area contributed by atoms with Gasteiger partial charge < -0.3 is 14.2 Å². The maximum absolute atomic E-state index is 12.4. The van der Waals surface area contributed by atoms with E-state index in [1.54, 1.807) is 42.5 Å². The molecule has 0 unspecified atom stereocenters. The summed E-state index contributed by atoms with van der Waals surface area (Å²) < 4.78 is 17.6. The number of hydrogen-bond donors (Lipinski definition) is 1. The molecule has 3 aromatic carbocycles. The van der Waals surface area contributed by atoms with Gasteiger partial charge in [-0.3, -0.25) is 14.9 Å². The molecule has 0 atom stereocenters. The van der Waals surface area contributed by atoms with Crippen LogP contribution in [-0.4, -0.2) is 31.3 Å². The lowest BCUT2D eigenvalue weighted by Crippen LogP contribution is -2.17. The summed E-state index contributed by atoms with van der Waals surface area (Å²) in [5.74, 6) is 1.12. The molecule has 0 radical (unpaired) electrons. The fraction of sp³-hybridized carbons (Fsp3) is 0.130. The number of halogens is 2. The van der Waals surface area contributed by atoms with E-state index in [1.807, 2.05) is 0 Å². The first-order valence-corrected chi connectivity index (χ1v) is 11.3. The maximum Gasteiger partial charge on any atom is 0.271 e. The van der Waals surface area contributed by atoms with Gasteiger partial charge in [0.25, 0.3) is 11.6 Å². The number of non-ortho nitro benzene ring substituents is 1. The summed E-state index contributed by atoms with van der Waals surface area (Å²) in [4.78, 5) is 22.7. The molecule has 3 rings (SSSR count). The highest BCUT2D eigenvalue weighted by atomic mass is 79.9. The number of amides is 1. The second-order valence-corrected chi connectivity index (χ2v) is 8.50. The molecule has 0 spiro atoms. The Morgan fingerprint density at radius 3 is 2.26 bits per heavy atom. The van der Waals surface area contributed by atoms with Crippen LogP contribution in [0.4, 0.5) is 5.69 Å². The van der Waals surface area contributed by atoms with Gasteiger partial charge in [0.05, 0.1) is 34.3 Å². The van der Waals surface area contributed by atoms with Crippen LogP contribution >= 0.6 is 31.9 Å². The number of carbonyl (C=O) groups is 1. The van der Waals surface area contributed by atoms with Crippen molar-refractivity contribution in [3.8, 4) is 17.2 Å². The van der Waals surface area contributed by atoms with Crippen molar-refractivity contribution in [3.63, 3.8) is 0 Å². The van der Waals surface area contributed by atoms with Crippen molar-refractivity contribution >= 4 is 49.7 Å². The number of nitrogens with zero attached hydrogens (tertiary/aromatic N) is 2. The predicted molar refractivity (Wildman–Crippen MR) is 134 cm³/mol. The number of nitrogens with one attached hydrogen (secondary N) is 1. The SMILES string of the molecule is COc1ccc(C(=O)N/N=C/c2cc(Br)c(OCc3ccc([N+](=O)[O-])cc3)c(Br)c2)cc1OC. The Labute approximate surface area is 212 Å². The van der Waals surface area contributed by atoms with Crippen molar-refractivity contribution in [1.82, 2.24) is 5.43 Å². The molecule has 34 heavy (non-hydrogen) atoms. The summed E-state index contributed by atoms with van der Waals surface area (Å²) in [6.07, 6.45) is 1.49. The van der Waals surface area contributed by atoms with Crippen molar-refractivity contribution in [2.75, 3.05) is 14.2 Å². The fourth-order valence-electron chi connectivity index (χ4n) is 2.87. The van der Waals surface area contributed by atoms with Gasteiger partial charge in [0.2, 0.25) is 0 Å². The smallest absolute Gasteiger partial charge is 0.271 e. The summed E-state index contributed by atoms with van der Waals surface area (Å²) >= 11 is 6.94. The van der Waals surface area contributed by atoms with Crippen LogP contribution < -0.4 is 19.6 Å². The number of rotatable bonds is 9. The molecule has 0 saturated heterocycles. The summed E-state index contributed by atoms with van der Waals surface area (Å²) in [7, 11) is 3.01. The lowest BCUT2D eigenvalue weighted by Gasteiger charge is -2.11. The van der Waals surface area contributed by atoms with Gasteiger partial charge in [-0.05, 0) is 85.5 Å². The van der Waals surface area contributed by atoms with Crippen LogP contribution in [0.2, 0.25) is 0 Å². The van der Waals surface area contributed by atoms with Crippen LogP contribution in [-0.2, 0) is 6.61 Å². The molecule has 0 saturated carbocycles. The molecular formula is C23H19Br2N3O6. The summed E-state index contributed by atoms with van der Waals surface area (Å²) in [6, 6.07) is 14.5. The highest BCUT2D eigenvalue weighted by Crippen LogP contribution is 2.35. The molecule has 0 aliphatic rings. The average molecular weight is 593 g/mol. The van der Waals surface area contributed by atoms with Crippen molar-refractivity contribution in [2.45, 2.75) is 6.61 Å². The molecule has 0 aromatic heterocycles. The van der Waals surface area contributed by atoms with E-state index >= 15 is 0 Å². The molecule has 0 fully saturated rings. The van der Waals surface area contributed by atoms with Gasteiger partial charge in [0.15, 0.2) is 11.5 Å². The first-order valence-electron chi connectivity index (χ1n) is 9.73. The number of ether oxygens (including phenoxy) is 3. The number of benzene rings is 3. The standard InChI is InChI=1S/C23H19Br2N3O6/c1-32-20-8-5-16(11-21(20)33-2)23(29)27-26-12-15-9-18(24)22(19(25)10-15)34-13-14-3-6-17(7-4-14)28(30)31/h3-12H,13H2,1-2H3,(H,27,29)/b26-12+. The van der Waals surface area contributed by atoms with Gasteiger partial charge in [0, 0.05) is 17.7 Å². The first kappa shape index (κ1) is 25.2. The van der Waals surface area contributed by atoms with E-state index in [9.17, 15) is 14.9 Å². The number of nitro benzene ring substituents is 1. The molecule has 0 aliphatic heterocycles. The summed E-state index contributed by atoms with van der Waals surface area (Å²) in [5, 5.41) is 14.8. The quantitative estimate of drug-likeness (QED) is 0.200. The monoisotopic (exact) mass is 591 g/mol. The first-order chi connectivity index (χ1) is 16.3. The second kappa shape index (κ2) is 11.6. The minimum Gasteiger partial charge on any atom is -0.493 e. The van der Waals surface area contributed by atoms with Crippen LogP contribution in [0.25, 0.3) is 0 Å². The molecular weight excluding hydrogens is 574 g/mol. The molecule has 176 valence electrons. The van der Waals surface area contributed by atoms with E-state index in [0.29, 0.717) is 37.3 Å². The average Bonchev–Trinajstić information content (AvgIpc) is 2.83. The third kappa shape index (κ3) is 6.33. The Morgan fingerprint density at radius 2 is 1.68 bits per heavy atom. The predicted octanol–water partition coefficient (Wildman–Crippen LogP) is 5.48. The van der Waals surface area contributed by atoms with Crippen molar-refractivity contribution < 1.29 is 23.9 Å². The summed E-state index contributed by atoms with van der Waals surface area (Å²) in [5.41, 5.74) is 4.35. The van der Waals surface area contributed by atoms with Crippen LogP contribution in [0, 0.1) is 10.1 Å². The summed E-state index contributed by atoms with van der Waals surface area (Å²) in [6.45, 7) is 0.226. The maximum atomic E-state index is 12.4. The van der Waals surface area contributed by atoms with Crippen LogP contribution in [0.3, 0.4) is 0 Å². The van der Waals surface area contributed by atoms with Gasteiger partial charge in [-0.25, -0.2) is 5.43 Å². The fourth-order valence-corrected chi connectivity index (χ4v) is 4.32. The second-order valence-electron chi connectivity index (χ2n) is 6.79. The van der Waals surface area contributed by atoms with E-state index in [4.69, 9.17) is 14.2 Å². The minimum atomic E-state index is -0.450. The zero-order chi connectivity index (χ0) is 24.7. The number of hydrogen-bond acceptors (Lipinski definition) is 7. The molecule has 0 bridgehead atoms. The highest BCUT2D eigenvalue weighted by molar-refractivity contribution is 9.11. The highest BCUT2D eigenvalue weighted by Gasteiger charge is 2.12. The Morgan fingerprint density at radius 1 is 1.03 bits per heavy atom. The lowest BCUT2D eigenvalue weighted by molar-refractivity contribution is -0.384. The Hall–Kier alpha value is -3.44. The molecule has 0 heterocycles. The number of methoxy groups -OCH3 is 2. The molecule has 0 aliphatic carbocycles. The van der Waals surface area contributed by atoms with Crippen LogP contribution in [0.15, 0.2) is 68.6 Å². The molecule has 3 aromatic rings. The van der Waals surface area contributed by atoms with Crippen LogP contribution in [0.5, 0.6) is 17.2 Å².